The molecule has 0 unspecified atom stereocenters. The minimum absolute atomic E-state index is 0.0260. The number of carbonyl (C=O) groups excluding carboxylic acids is 2. The first-order valence-corrected chi connectivity index (χ1v) is 14.2. The zero-order chi connectivity index (χ0) is 24.6. The summed E-state index contributed by atoms with van der Waals surface area (Å²) in [5, 5.41) is 2.05. The van der Waals surface area contributed by atoms with Gasteiger partial charge in [-0.15, -0.1) is 11.3 Å². The lowest BCUT2D eigenvalue weighted by molar-refractivity contribution is -0.144. The molecule has 2 aliphatic rings. The molecule has 1 aromatic heterocycles. The van der Waals surface area contributed by atoms with Gasteiger partial charge in [-0.2, -0.15) is 0 Å². The summed E-state index contributed by atoms with van der Waals surface area (Å²) in [5.41, 5.74) is 2.06. The first-order valence-electron chi connectivity index (χ1n) is 13.3. The number of carbonyl (C=O) groups is 2. The topological polar surface area (TPSA) is 40.6 Å². The molecule has 0 N–H and O–H groups in total. The highest BCUT2D eigenvalue weighted by molar-refractivity contribution is 7.10. The molecular formula is C29H39FN2O2S. The molecule has 4 rings (SSSR count). The zero-order valence-electron chi connectivity index (χ0n) is 21.0. The molecule has 6 heteroatoms. The van der Waals surface area contributed by atoms with Crippen molar-refractivity contribution in [1.29, 1.82) is 0 Å². The normalized spacial score (nSPS) is 17.0. The van der Waals surface area contributed by atoms with Crippen LogP contribution in [0.1, 0.15) is 86.6 Å². The average Bonchev–Trinajstić information content (AvgIpc) is 3.54. The van der Waals surface area contributed by atoms with Crippen molar-refractivity contribution >= 4 is 23.2 Å². The van der Waals surface area contributed by atoms with Gasteiger partial charge in [0.25, 0.3) is 0 Å². The predicted molar refractivity (Wildman–Crippen MR) is 139 cm³/mol. The number of aryl methyl sites for hydroxylation is 1. The highest BCUT2D eigenvalue weighted by atomic mass is 32.1. The molecule has 35 heavy (non-hydrogen) atoms. The summed E-state index contributed by atoms with van der Waals surface area (Å²) in [5.74, 6) is 0.504. The van der Waals surface area contributed by atoms with Gasteiger partial charge in [0.2, 0.25) is 11.8 Å². The minimum Gasteiger partial charge on any atom is -0.332 e. The van der Waals surface area contributed by atoms with Crippen LogP contribution in [0.2, 0.25) is 0 Å². The van der Waals surface area contributed by atoms with E-state index >= 15 is 0 Å². The maximum atomic E-state index is 13.7. The van der Waals surface area contributed by atoms with Crippen molar-refractivity contribution < 1.29 is 14.0 Å². The standard InChI is InChI=1S/C29H39FN2O2S/c1-22-17-18-35-27(22)20-31(19-24-11-14-25(30)15-12-24)29(34)21-32(26-9-3-2-4-10-26)28(33)16-13-23-7-5-6-8-23/h11-12,14-15,17-18,23,26H,2-10,13,16,19-21H2,1H3. The van der Waals surface area contributed by atoms with Gasteiger partial charge in [0.05, 0.1) is 6.54 Å². The average molecular weight is 499 g/mol. The number of benzene rings is 1. The molecule has 2 amide bonds. The third-order valence-corrected chi connectivity index (χ3v) is 8.83. The lowest BCUT2D eigenvalue weighted by Gasteiger charge is -2.36. The summed E-state index contributed by atoms with van der Waals surface area (Å²) < 4.78 is 13.5. The van der Waals surface area contributed by atoms with Crippen molar-refractivity contribution in [3.63, 3.8) is 0 Å². The minimum atomic E-state index is -0.280. The number of hydrogen-bond acceptors (Lipinski definition) is 3. The Hall–Kier alpha value is -2.21. The molecule has 0 radical (unpaired) electrons. The van der Waals surface area contributed by atoms with E-state index in [2.05, 4.69) is 13.0 Å². The van der Waals surface area contributed by atoms with Crippen molar-refractivity contribution in [2.75, 3.05) is 6.54 Å². The summed E-state index contributed by atoms with van der Waals surface area (Å²) in [6.45, 7) is 3.12. The van der Waals surface area contributed by atoms with Crippen molar-refractivity contribution in [2.45, 2.75) is 96.7 Å². The van der Waals surface area contributed by atoms with Crippen molar-refractivity contribution in [2.24, 2.45) is 5.92 Å². The van der Waals surface area contributed by atoms with Gasteiger partial charge < -0.3 is 9.80 Å². The maximum Gasteiger partial charge on any atom is 0.242 e. The second-order valence-corrected chi connectivity index (χ2v) is 11.4. The Bertz CT molecular complexity index is 961. The summed E-state index contributed by atoms with van der Waals surface area (Å²) >= 11 is 1.65. The van der Waals surface area contributed by atoms with Gasteiger partial charge in [-0.25, -0.2) is 4.39 Å². The van der Waals surface area contributed by atoms with Crippen LogP contribution < -0.4 is 0 Å². The molecular weight excluding hydrogens is 459 g/mol. The maximum absolute atomic E-state index is 13.7. The van der Waals surface area contributed by atoms with E-state index < -0.39 is 0 Å². The van der Waals surface area contributed by atoms with E-state index in [1.807, 2.05) is 15.2 Å². The second kappa shape index (κ2) is 12.7. The number of thiophene rings is 1. The van der Waals surface area contributed by atoms with Crippen LogP contribution in [-0.2, 0) is 22.7 Å². The molecule has 0 spiro atoms. The Balaban J connectivity index is 1.48. The Morgan fingerprint density at radius 2 is 1.60 bits per heavy atom. The van der Waals surface area contributed by atoms with Gasteiger partial charge in [0.1, 0.15) is 12.4 Å². The fourth-order valence-corrected chi connectivity index (χ4v) is 6.53. The summed E-state index contributed by atoms with van der Waals surface area (Å²) in [4.78, 5) is 32.1. The number of hydrogen-bond donors (Lipinski definition) is 0. The number of halogens is 1. The smallest absolute Gasteiger partial charge is 0.242 e. The molecule has 2 saturated carbocycles. The van der Waals surface area contributed by atoms with Crippen LogP contribution >= 0.6 is 11.3 Å². The predicted octanol–water partition coefficient (Wildman–Crippen LogP) is 6.86. The van der Waals surface area contributed by atoms with Crippen molar-refractivity contribution in [3.05, 3.63) is 57.5 Å². The third-order valence-electron chi connectivity index (χ3n) is 7.82. The molecule has 4 nitrogen and oxygen atoms in total. The second-order valence-electron chi connectivity index (χ2n) is 10.4. The Kier molecular flexibility index (Phi) is 9.36. The molecule has 2 aliphatic carbocycles. The summed E-state index contributed by atoms with van der Waals surface area (Å²) in [6, 6.07) is 8.59. The fraction of sp³-hybridized carbons (Fsp3) is 0.586. The van der Waals surface area contributed by atoms with Crippen LogP contribution in [-0.4, -0.2) is 34.2 Å². The summed E-state index contributed by atoms with van der Waals surface area (Å²) in [6.07, 6.45) is 12.0. The molecule has 2 fully saturated rings. The van der Waals surface area contributed by atoms with Gasteiger partial charge in [-0.3, -0.25) is 9.59 Å². The van der Waals surface area contributed by atoms with Crippen molar-refractivity contribution in [3.8, 4) is 0 Å². The first kappa shape index (κ1) is 25.9. The van der Waals surface area contributed by atoms with E-state index in [0.717, 1.165) is 42.5 Å². The first-order chi connectivity index (χ1) is 17.0. The number of rotatable bonds is 10. The van der Waals surface area contributed by atoms with Crippen LogP contribution in [0.5, 0.6) is 0 Å². The zero-order valence-corrected chi connectivity index (χ0v) is 21.8. The summed E-state index contributed by atoms with van der Waals surface area (Å²) in [7, 11) is 0. The van der Waals surface area contributed by atoms with Gasteiger partial charge in [-0.1, -0.05) is 57.1 Å². The fourth-order valence-electron chi connectivity index (χ4n) is 5.61. The Morgan fingerprint density at radius 3 is 2.26 bits per heavy atom. The van der Waals surface area contributed by atoms with Crippen LogP contribution in [0.15, 0.2) is 35.7 Å². The van der Waals surface area contributed by atoms with E-state index in [0.29, 0.717) is 25.4 Å². The highest BCUT2D eigenvalue weighted by Gasteiger charge is 2.30. The van der Waals surface area contributed by atoms with Gasteiger partial charge in [0, 0.05) is 23.9 Å². The SMILES string of the molecule is Cc1ccsc1CN(Cc1ccc(F)cc1)C(=O)CN(C(=O)CCC1CCCC1)C1CCCCC1. The highest BCUT2D eigenvalue weighted by Crippen LogP contribution is 2.30. The Morgan fingerprint density at radius 1 is 0.914 bits per heavy atom. The van der Waals surface area contributed by atoms with Gasteiger partial charge >= 0.3 is 0 Å². The van der Waals surface area contributed by atoms with Crippen LogP contribution in [0.4, 0.5) is 4.39 Å². The number of amides is 2. The van der Waals surface area contributed by atoms with Crippen LogP contribution in [0.25, 0.3) is 0 Å². The largest absolute Gasteiger partial charge is 0.332 e. The molecule has 0 bridgehead atoms. The Labute approximate surface area is 213 Å². The lowest BCUT2D eigenvalue weighted by atomic mass is 9.93. The molecule has 1 heterocycles. The van der Waals surface area contributed by atoms with Gasteiger partial charge in [0.15, 0.2) is 0 Å². The third kappa shape index (κ3) is 7.39. The molecule has 1 aromatic carbocycles. The monoisotopic (exact) mass is 498 g/mol. The van der Waals surface area contributed by atoms with E-state index in [4.69, 9.17) is 0 Å². The van der Waals surface area contributed by atoms with E-state index in [-0.39, 0.29) is 30.2 Å². The molecule has 190 valence electrons. The quantitative estimate of drug-likeness (QED) is 0.359. The van der Waals surface area contributed by atoms with Crippen molar-refractivity contribution in [1.82, 2.24) is 9.80 Å². The van der Waals surface area contributed by atoms with Gasteiger partial charge in [-0.05, 0) is 66.8 Å². The molecule has 0 aliphatic heterocycles. The molecule has 2 aromatic rings. The lowest BCUT2D eigenvalue weighted by Crippen LogP contribution is -2.48. The molecule has 0 atom stereocenters. The van der Waals surface area contributed by atoms with E-state index in [9.17, 15) is 14.0 Å². The van der Waals surface area contributed by atoms with Crippen LogP contribution in [0.3, 0.4) is 0 Å². The van der Waals surface area contributed by atoms with E-state index in [1.54, 1.807) is 23.5 Å². The number of nitrogens with zero attached hydrogens (tertiary/aromatic N) is 2. The molecule has 0 saturated heterocycles. The van der Waals surface area contributed by atoms with E-state index in [1.165, 1.54) is 49.8 Å². The van der Waals surface area contributed by atoms with Crippen LogP contribution in [0, 0.1) is 18.7 Å².